The molecular formula is C29H48O5. The van der Waals surface area contributed by atoms with E-state index < -0.39 is 23.2 Å². The van der Waals surface area contributed by atoms with Crippen molar-refractivity contribution in [3.63, 3.8) is 0 Å². The number of carbonyl (C=O) groups excluding carboxylic acids is 1. The second kappa shape index (κ2) is 9.52. The van der Waals surface area contributed by atoms with E-state index in [0.717, 1.165) is 38.5 Å². The maximum absolute atomic E-state index is 12.1. The molecule has 34 heavy (non-hydrogen) atoms. The predicted octanol–water partition coefficient (Wildman–Crippen LogP) is 4.87. The van der Waals surface area contributed by atoms with E-state index in [1.807, 2.05) is 0 Å². The highest BCUT2D eigenvalue weighted by Gasteiger charge is 2.69. The van der Waals surface area contributed by atoms with Crippen molar-refractivity contribution in [3.05, 3.63) is 12.2 Å². The highest BCUT2D eigenvalue weighted by molar-refractivity contribution is 5.66. The monoisotopic (exact) mass is 476 g/mol. The van der Waals surface area contributed by atoms with Gasteiger partial charge in [-0.3, -0.25) is 4.79 Å². The fraction of sp³-hybridized carbons (Fsp3) is 0.897. The van der Waals surface area contributed by atoms with Gasteiger partial charge in [0, 0.05) is 25.4 Å². The second-order valence-electron chi connectivity index (χ2n) is 13.0. The van der Waals surface area contributed by atoms with E-state index in [4.69, 9.17) is 4.74 Å². The Labute approximate surface area is 206 Å². The molecule has 4 fully saturated rings. The molecule has 0 aliphatic heterocycles. The Kier molecular flexibility index (Phi) is 7.32. The summed E-state index contributed by atoms with van der Waals surface area (Å²) in [5.74, 6) is 2.20. The van der Waals surface area contributed by atoms with Crippen molar-refractivity contribution in [1.29, 1.82) is 0 Å². The minimum absolute atomic E-state index is 0.0937. The van der Waals surface area contributed by atoms with Crippen LogP contribution in [0.4, 0.5) is 0 Å². The van der Waals surface area contributed by atoms with Gasteiger partial charge in [0.1, 0.15) is 11.7 Å². The van der Waals surface area contributed by atoms with Gasteiger partial charge in [-0.25, -0.2) is 0 Å². The molecule has 4 aliphatic carbocycles. The lowest BCUT2D eigenvalue weighted by Crippen LogP contribution is -2.69. The molecule has 5 heteroatoms. The molecule has 0 saturated heterocycles. The lowest BCUT2D eigenvalue weighted by Gasteiger charge is -2.65. The third-order valence-electron chi connectivity index (χ3n) is 10.9. The summed E-state index contributed by atoms with van der Waals surface area (Å²) >= 11 is 0. The first-order chi connectivity index (χ1) is 16.0. The lowest BCUT2D eigenvalue weighted by atomic mass is 9.42. The van der Waals surface area contributed by atoms with Crippen LogP contribution in [0.15, 0.2) is 12.2 Å². The molecule has 0 heterocycles. The topological polar surface area (TPSA) is 87.0 Å². The SMILES string of the molecule is CC(=O)O[C@@H]1C[C@H]2[C@@H]3CC[C@H]([C@H](C)/C=C/CC(C)C)[C@@]3(CO)CC[C@@H]2[C@@]2(C)CC[C@H](O)C[C@]12O. The predicted molar refractivity (Wildman–Crippen MR) is 133 cm³/mol. The molecule has 0 unspecified atom stereocenters. The molecular weight excluding hydrogens is 428 g/mol. The van der Waals surface area contributed by atoms with Gasteiger partial charge in [0.05, 0.1) is 6.10 Å². The van der Waals surface area contributed by atoms with Crippen molar-refractivity contribution in [2.45, 2.75) is 110 Å². The van der Waals surface area contributed by atoms with Crippen molar-refractivity contribution >= 4 is 5.97 Å². The minimum atomic E-state index is -1.19. The van der Waals surface area contributed by atoms with Gasteiger partial charge in [-0.15, -0.1) is 0 Å². The number of hydrogen-bond donors (Lipinski definition) is 3. The highest BCUT2D eigenvalue weighted by Crippen LogP contribution is 2.69. The zero-order valence-electron chi connectivity index (χ0n) is 22.0. The molecule has 0 aromatic heterocycles. The number of fused-ring (bicyclic) bond motifs is 5. The fourth-order valence-corrected chi connectivity index (χ4v) is 9.23. The number of esters is 1. The van der Waals surface area contributed by atoms with Gasteiger partial charge in [0.25, 0.3) is 0 Å². The molecule has 0 bridgehead atoms. The van der Waals surface area contributed by atoms with Crippen LogP contribution in [0.3, 0.4) is 0 Å². The van der Waals surface area contributed by atoms with E-state index in [9.17, 15) is 20.1 Å². The molecule has 3 N–H and O–H groups in total. The Morgan fingerprint density at radius 2 is 1.85 bits per heavy atom. The van der Waals surface area contributed by atoms with E-state index in [0.29, 0.717) is 48.3 Å². The summed E-state index contributed by atoms with van der Waals surface area (Å²) in [5.41, 5.74) is -1.68. The first-order valence-electron chi connectivity index (χ1n) is 13.8. The highest BCUT2D eigenvalue weighted by atomic mass is 16.6. The van der Waals surface area contributed by atoms with Crippen molar-refractivity contribution < 1.29 is 24.9 Å². The average Bonchev–Trinajstić information content (AvgIpc) is 3.15. The van der Waals surface area contributed by atoms with Crippen molar-refractivity contribution in [3.8, 4) is 0 Å². The number of aliphatic hydroxyl groups excluding tert-OH is 2. The van der Waals surface area contributed by atoms with Gasteiger partial charge < -0.3 is 20.1 Å². The Morgan fingerprint density at radius 3 is 2.50 bits per heavy atom. The van der Waals surface area contributed by atoms with Crippen LogP contribution < -0.4 is 0 Å². The van der Waals surface area contributed by atoms with Gasteiger partial charge >= 0.3 is 5.97 Å². The molecule has 5 nitrogen and oxygen atoms in total. The molecule has 0 spiro atoms. The molecule has 4 saturated carbocycles. The van der Waals surface area contributed by atoms with Crippen LogP contribution in [-0.2, 0) is 9.53 Å². The van der Waals surface area contributed by atoms with E-state index >= 15 is 0 Å². The molecule has 0 aromatic carbocycles. The second-order valence-corrected chi connectivity index (χ2v) is 13.0. The summed E-state index contributed by atoms with van der Waals surface area (Å²) in [5, 5.41) is 33.4. The number of carbonyl (C=O) groups is 1. The minimum Gasteiger partial charge on any atom is -0.459 e. The maximum Gasteiger partial charge on any atom is 0.303 e. The molecule has 0 radical (unpaired) electrons. The third kappa shape index (κ3) is 4.08. The number of aliphatic hydroxyl groups is 3. The Hall–Kier alpha value is -0.910. The summed E-state index contributed by atoms with van der Waals surface area (Å²) in [6.07, 6.45) is 11.2. The van der Waals surface area contributed by atoms with Gasteiger partial charge in [-0.1, -0.05) is 39.8 Å². The molecule has 0 aromatic rings. The summed E-state index contributed by atoms with van der Waals surface area (Å²) in [6.45, 7) is 10.6. The Bertz CT molecular complexity index is 778. The number of hydrogen-bond acceptors (Lipinski definition) is 5. The van der Waals surface area contributed by atoms with Gasteiger partial charge in [-0.05, 0) is 92.3 Å². The average molecular weight is 477 g/mol. The van der Waals surface area contributed by atoms with Crippen molar-refractivity contribution in [1.82, 2.24) is 0 Å². The van der Waals surface area contributed by atoms with Crippen LogP contribution in [0, 0.1) is 46.3 Å². The molecule has 10 atom stereocenters. The van der Waals surface area contributed by atoms with E-state index in [2.05, 4.69) is 39.8 Å². The fourth-order valence-electron chi connectivity index (χ4n) is 9.23. The van der Waals surface area contributed by atoms with E-state index in [-0.39, 0.29) is 24.4 Å². The molecule has 0 amide bonds. The Morgan fingerprint density at radius 1 is 1.12 bits per heavy atom. The van der Waals surface area contributed by atoms with Crippen molar-refractivity contribution in [2.75, 3.05) is 6.61 Å². The number of ether oxygens (including phenoxy) is 1. The standard InChI is InChI=1S/C29H48O5/c1-18(2)7-6-8-19(3)23-9-10-25-22-15-26(34-20(4)31)29(33)16-21(32)11-13-27(29,5)24(22)12-14-28(23,25)17-30/h6,8,18-19,21-26,30,32-33H,7,9-17H2,1-5H3/b8-6+/t19-,21+,22-,23-,24+,25+,26-,27-,28+,29+/m1/s1. The van der Waals surface area contributed by atoms with Gasteiger partial charge in [0.2, 0.25) is 0 Å². The lowest BCUT2D eigenvalue weighted by molar-refractivity contribution is -0.271. The van der Waals surface area contributed by atoms with Crippen LogP contribution in [0.1, 0.15) is 92.4 Å². The van der Waals surface area contributed by atoms with Crippen LogP contribution in [0.5, 0.6) is 0 Å². The van der Waals surface area contributed by atoms with Crippen LogP contribution >= 0.6 is 0 Å². The molecule has 4 aliphatic rings. The summed E-state index contributed by atoms with van der Waals surface area (Å²) in [6, 6.07) is 0. The van der Waals surface area contributed by atoms with Crippen LogP contribution in [0.25, 0.3) is 0 Å². The third-order valence-corrected chi connectivity index (χ3v) is 10.9. The quantitative estimate of drug-likeness (QED) is 0.376. The van der Waals surface area contributed by atoms with Crippen LogP contribution in [-0.4, -0.2) is 45.7 Å². The van der Waals surface area contributed by atoms with Gasteiger partial charge in [-0.2, -0.15) is 0 Å². The molecule has 194 valence electrons. The summed E-state index contributed by atoms with van der Waals surface area (Å²) in [4.78, 5) is 12.1. The number of rotatable bonds is 6. The van der Waals surface area contributed by atoms with Crippen LogP contribution in [0.2, 0.25) is 0 Å². The van der Waals surface area contributed by atoms with E-state index in [1.54, 1.807) is 0 Å². The normalized spacial score (nSPS) is 47.2. The Balaban J connectivity index is 1.65. The zero-order chi connectivity index (χ0) is 24.9. The van der Waals surface area contributed by atoms with E-state index in [1.165, 1.54) is 6.92 Å². The maximum atomic E-state index is 12.1. The summed E-state index contributed by atoms with van der Waals surface area (Å²) in [7, 11) is 0. The smallest absolute Gasteiger partial charge is 0.303 e. The zero-order valence-corrected chi connectivity index (χ0v) is 22.0. The summed E-state index contributed by atoms with van der Waals surface area (Å²) < 4.78 is 5.82. The first kappa shape index (κ1) is 26.2. The first-order valence-corrected chi connectivity index (χ1v) is 13.8. The van der Waals surface area contributed by atoms with Crippen molar-refractivity contribution in [2.24, 2.45) is 46.3 Å². The molecule has 4 rings (SSSR count). The largest absolute Gasteiger partial charge is 0.459 e. The number of allylic oxidation sites excluding steroid dienone is 2. The van der Waals surface area contributed by atoms with Gasteiger partial charge in [0.15, 0.2) is 0 Å².